The zero-order chi connectivity index (χ0) is 18.9. The molecule has 0 heterocycles. The highest BCUT2D eigenvalue weighted by Crippen LogP contribution is 2.46. The van der Waals surface area contributed by atoms with Crippen molar-refractivity contribution in [3.63, 3.8) is 0 Å². The van der Waals surface area contributed by atoms with Gasteiger partial charge in [-0.05, 0) is 12.0 Å². The van der Waals surface area contributed by atoms with Crippen LogP contribution in [-0.2, 0) is 6.42 Å². The van der Waals surface area contributed by atoms with Crippen molar-refractivity contribution in [2.45, 2.75) is 13.3 Å². The van der Waals surface area contributed by atoms with E-state index >= 15 is 0 Å². The molecular formula is C23H14O4. The number of phenolic OH excluding ortho intramolecular Hbond substituents is 1. The van der Waals surface area contributed by atoms with Crippen LogP contribution >= 0.6 is 0 Å². The van der Waals surface area contributed by atoms with Gasteiger partial charge >= 0.3 is 0 Å². The van der Waals surface area contributed by atoms with Gasteiger partial charge in [0.05, 0.1) is 0 Å². The lowest BCUT2D eigenvalue weighted by molar-refractivity contribution is 0.483. The predicted octanol–water partition coefficient (Wildman–Crippen LogP) is 3.43. The first-order chi connectivity index (χ1) is 13.1. The lowest BCUT2D eigenvalue weighted by Gasteiger charge is -2.08. The van der Waals surface area contributed by atoms with Gasteiger partial charge in [-0.15, -0.1) is 0 Å². The van der Waals surface area contributed by atoms with Crippen molar-refractivity contribution >= 4 is 21.5 Å². The van der Waals surface area contributed by atoms with Crippen LogP contribution in [0.3, 0.4) is 0 Å². The van der Waals surface area contributed by atoms with Gasteiger partial charge in [0, 0.05) is 43.8 Å². The minimum absolute atomic E-state index is 0.0453. The molecule has 5 rings (SSSR count). The smallest absolute Gasteiger partial charge is 0.195 e. The number of phenols is 1. The van der Waals surface area contributed by atoms with Gasteiger partial charge in [0.15, 0.2) is 16.3 Å². The summed E-state index contributed by atoms with van der Waals surface area (Å²) >= 11 is 0. The molecule has 4 heteroatoms. The highest BCUT2D eigenvalue weighted by Gasteiger charge is 2.33. The highest BCUT2D eigenvalue weighted by atomic mass is 16.3. The van der Waals surface area contributed by atoms with Crippen molar-refractivity contribution in [1.29, 1.82) is 0 Å². The van der Waals surface area contributed by atoms with Crippen LogP contribution in [0.15, 0.2) is 62.9 Å². The van der Waals surface area contributed by atoms with Gasteiger partial charge in [0.2, 0.25) is 0 Å². The summed E-state index contributed by atoms with van der Waals surface area (Å²) in [4.78, 5) is 39.6. The fourth-order valence-corrected chi connectivity index (χ4v) is 4.30. The number of hydrogen-bond donors (Lipinski definition) is 1. The molecule has 3 aliphatic carbocycles. The van der Waals surface area contributed by atoms with Crippen LogP contribution in [0.5, 0.6) is 5.75 Å². The molecule has 0 atom stereocenters. The highest BCUT2D eigenvalue weighted by molar-refractivity contribution is 6.09. The third kappa shape index (κ3) is 1.79. The standard InChI is InChI=1S/C23H14O4/c1-2-11-16-18(22(26)14-9-5-3-7-12(14)20(16)24)19-17(11)21(25)13-8-4-6-10-15(13)23(19)27/h3-10,24H,2H2,1H3. The zero-order valence-corrected chi connectivity index (χ0v) is 14.5. The quantitative estimate of drug-likeness (QED) is 0.501. The maximum absolute atomic E-state index is 13.2. The molecule has 0 saturated carbocycles. The molecule has 0 bridgehead atoms. The Labute approximate surface area is 153 Å². The van der Waals surface area contributed by atoms with E-state index in [0.717, 1.165) is 0 Å². The Morgan fingerprint density at radius 1 is 0.630 bits per heavy atom. The first-order valence-corrected chi connectivity index (χ1v) is 8.80. The van der Waals surface area contributed by atoms with Gasteiger partial charge in [-0.1, -0.05) is 55.5 Å². The molecule has 0 amide bonds. The monoisotopic (exact) mass is 354 g/mol. The topological polar surface area (TPSA) is 71.4 Å². The summed E-state index contributed by atoms with van der Waals surface area (Å²) in [6.07, 6.45) is 0.429. The average molecular weight is 354 g/mol. The predicted molar refractivity (Wildman–Crippen MR) is 107 cm³/mol. The maximum atomic E-state index is 13.2. The lowest BCUT2D eigenvalue weighted by Crippen LogP contribution is -2.18. The van der Waals surface area contributed by atoms with Crippen molar-refractivity contribution in [2.75, 3.05) is 0 Å². The molecule has 0 spiro atoms. The summed E-state index contributed by atoms with van der Waals surface area (Å²) in [7, 11) is 0. The van der Waals surface area contributed by atoms with Crippen molar-refractivity contribution < 1.29 is 5.11 Å². The van der Waals surface area contributed by atoms with Crippen molar-refractivity contribution in [1.82, 2.24) is 0 Å². The molecule has 0 aliphatic heterocycles. The van der Waals surface area contributed by atoms with Crippen LogP contribution in [0.2, 0.25) is 0 Å². The largest absolute Gasteiger partial charge is 0.507 e. The molecular weight excluding hydrogens is 340 g/mol. The number of rotatable bonds is 1. The van der Waals surface area contributed by atoms with Crippen LogP contribution in [0, 0.1) is 0 Å². The minimum Gasteiger partial charge on any atom is -0.507 e. The van der Waals surface area contributed by atoms with Crippen LogP contribution in [0.25, 0.3) is 43.8 Å². The summed E-state index contributed by atoms with van der Waals surface area (Å²) < 4.78 is 0. The van der Waals surface area contributed by atoms with Gasteiger partial charge in [0.1, 0.15) is 5.75 Å². The lowest BCUT2D eigenvalue weighted by atomic mass is 9.95. The molecule has 130 valence electrons. The second-order valence-corrected chi connectivity index (χ2v) is 6.76. The summed E-state index contributed by atoms with van der Waals surface area (Å²) in [6.45, 7) is 1.85. The van der Waals surface area contributed by atoms with Crippen molar-refractivity contribution in [3.05, 3.63) is 84.8 Å². The van der Waals surface area contributed by atoms with Gasteiger partial charge in [-0.3, -0.25) is 14.4 Å². The first-order valence-electron chi connectivity index (χ1n) is 8.80. The normalized spacial score (nSPS) is 11.9. The Morgan fingerprint density at radius 2 is 1.04 bits per heavy atom. The van der Waals surface area contributed by atoms with Crippen LogP contribution in [0.1, 0.15) is 12.5 Å². The van der Waals surface area contributed by atoms with Gasteiger partial charge in [-0.25, -0.2) is 0 Å². The van der Waals surface area contributed by atoms with Gasteiger partial charge in [0.25, 0.3) is 0 Å². The Hall–Kier alpha value is -3.53. The van der Waals surface area contributed by atoms with E-state index in [0.29, 0.717) is 39.1 Å². The number of fused-ring (bicyclic) bond motifs is 5. The molecule has 27 heavy (non-hydrogen) atoms. The van der Waals surface area contributed by atoms with E-state index in [1.54, 1.807) is 48.5 Å². The van der Waals surface area contributed by atoms with E-state index in [1.807, 2.05) is 6.92 Å². The Balaban J connectivity index is 2.22. The molecule has 4 nitrogen and oxygen atoms in total. The van der Waals surface area contributed by atoms with E-state index < -0.39 is 0 Å². The Bertz CT molecular complexity index is 1470. The fraction of sp³-hybridized carbons (Fsp3) is 0.0870. The maximum Gasteiger partial charge on any atom is 0.195 e. The van der Waals surface area contributed by atoms with E-state index in [4.69, 9.17) is 0 Å². The summed E-state index contributed by atoms with van der Waals surface area (Å²) in [5.41, 5.74) is 0.526. The van der Waals surface area contributed by atoms with E-state index in [9.17, 15) is 19.5 Å². The third-order valence-electron chi connectivity index (χ3n) is 5.47. The second-order valence-electron chi connectivity index (χ2n) is 6.76. The molecule has 0 radical (unpaired) electrons. The molecule has 3 aliphatic rings. The fourth-order valence-electron chi connectivity index (χ4n) is 4.30. The van der Waals surface area contributed by atoms with E-state index in [1.165, 1.54) is 0 Å². The average Bonchev–Trinajstić information content (AvgIpc) is 3.06. The van der Waals surface area contributed by atoms with Crippen LogP contribution < -0.4 is 16.3 Å². The van der Waals surface area contributed by atoms with Crippen LogP contribution in [-0.4, -0.2) is 5.11 Å². The van der Waals surface area contributed by atoms with Crippen LogP contribution in [0.4, 0.5) is 0 Å². The first kappa shape index (κ1) is 15.7. The number of hydrogen-bond acceptors (Lipinski definition) is 4. The number of aromatic hydroxyl groups is 1. The third-order valence-corrected chi connectivity index (χ3v) is 5.47. The van der Waals surface area contributed by atoms with Gasteiger partial charge in [-0.2, -0.15) is 0 Å². The number of benzene rings is 4. The molecule has 0 unspecified atom stereocenters. The molecule has 0 aromatic heterocycles. The van der Waals surface area contributed by atoms with E-state index in [2.05, 4.69) is 0 Å². The van der Waals surface area contributed by atoms with E-state index in [-0.39, 0.29) is 38.7 Å². The Morgan fingerprint density at radius 3 is 1.56 bits per heavy atom. The van der Waals surface area contributed by atoms with Crippen molar-refractivity contribution in [3.8, 4) is 28.0 Å². The Kier molecular flexibility index (Phi) is 3.05. The van der Waals surface area contributed by atoms with Gasteiger partial charge < -0.3 is 5.11 Å². The SMILES string of the molecule is CCc1c2c(O)c3ccccc3c(=O)c-2c2c(=O)c3ccccc3c(=O)c1-2. The second kappa shape index (κ2) is 5.24. The van der Waals surface area contributed by atoms with Crippen molar-refractivity contribution in [2.24, 2.45) is 0 Å². The minimum atomic E-state index is -0.336. The molecule has 0 fully saturated rings. The summed E-state index contributed by atoms with van der Waals surface area (Å²) in [5.74, 6) is -0.0453. The molecule has 0 saturated heterocycles. The zero-order valence-electron chi connectivity index (χ0n) is 14.5. The molecule has 2 aromatic carbocycles. The molecule has 2 aromatic rings. The summed E-state index contributed by atoms with van der Waals surface area (Å²) in [5, 5.41) is 12.3. The summed E-state index contributed by atoms with van der Waals surface area (Å²) in [6, 6.07) is 13.4. The molecule has 1 N–H and O–H groups in total.